The van der Waals surface area contributed by atoms with Gasteiger partial charge in [0.05, 0.1) is 21.3 Å². The zero-order valence-corrected chi connectivity index (χ0v) is 13.2. The van der Waals surface area contributed by atoms with Crippen molar-refractivity contribution in [1.82, 2.24) is 5.32 Å². The van der Waals surface area contributed by atoms with Crippen LogP contribution < -0.4 is 19.5 Å². The summed E-state index contributed by atoms with van der Waals surface area (Å²) in [5.74, 6) is 2.11. The minimum atomic E-state index is 0.103. The molecule has 0 saturated heterocycles. The molecule has 0 spiro atoms. The molecule has 0 atom stereocenters. The monoisotopic (exact) mass is 279 g/mol. The second-order valence-electron chi connectivity index (χ2n) is 5.48. The first kappa shape index (κ1) is 16.4. The molecule has 1 rings (SSSR count). The van der Waals surface area contributed by atoms with Gasteiger partial charge in [0.25, 0.3) is 0 Å². The van der Waals surface area contributed by atoms with Crippen LogP contribution in [0.1, 0.15) is 26.3 Å². The third-order valence-corrected chi connectivity index (χ3v) is 2.78. The van der Waals surface area contributed by atoms with Crippen molar-refractivity contribution < 1.29 is 14.2 Å². The van der Waals surface area contributed by atoms with Gasteiger partial charge in [0, 0.05) is 23.7 Å². The topological polar surface area (TPSA) is 39.7 Å². The van der Waals surface area contributed by atoms with Crippen molar-refractivity contribution in [2.24, 2.45) is 0 Å². The molecule has 1 aromatic rings. The summed E-state index contributed by atoms with van der Waals surface area (Å²) in [6, 6.07) is 3.74. The molecular weight excluding hydrogens is 254 g/mol. The minimum Gasteiger partial charge on any atom is -0.496 e. The molecule has 0 amide bonds. The molecule has 1 N–H and O–H groups in total. The molecule has 0 aliphatic carbocycles. The van der Waals surface area contributed by atoms with E-state index in [2.05, 4.69) is 32.2 Å². The van der Waals surface area contributed by atoms with Crippen LogP contribution in [-0.4, -0.2) is 33.4 Å². The molecule has 0 heterocycles. The number of benzene rings is 1. The SMILES string of the molecule is COc1cc(OC)c(OC)cc1C=CCNC(C)(C)C. The fourth-order valence-corrected chi connectivity index (χ4v) is 1.73. The molecule has 0 saturated carbocycles. The summed E-state index contributed by atoms with van der Waals surface area (Å²) in [6.45, 7) is 7.20. The van der Waals surface area contributed by atoms with Gasteiger partial charge in [-0.15, -0.1) is 0 Å². The lowest BCUT2D eigenvalue weighted by atomic mass is 10.1. The molecule has 0 fully saturated rings. The summed E-state index contributed by atoms with van der Waals surface area (Å²) < 4.78 is 15.9. The fraction of sp³-hybridized carbons (Fsp3) is 0.500. The van der Waals surface area contributed by atoms with Crippen molar-refractivity contribution in [1.29, 1.82) is 0 Å². The third-order valence-electron chi connectivity index (χ3n) is 2.78. The van der Waals surface area contributed by atoms with Crippen LogP contribution in [-0.2, 0) is 0 Å². The number of nitrogens with one attached hydrogen (secondary N) is 1. The number of ether oxygens (including phenoxy) is 3. The predicted molar refractivity (Wildman–Crippen MR) is 82.9 cm³/mol. The van der Waals surface area contributed by atoms with Gasteiger partial charge in [-0.3, -0.25) is 0 Å². The summed E-state index contributed by atoms with van der Waals surface area (Å²) in [6.07, 6.45) is 4.08. The molecule has 0 aliphatic rings. The van der Waals surface area contributed by atoms with E-state index < -0.39 is 0 Å². The Bertz CT molecular complexity index is 462. The minimum absolute atomic E-state index is 0.103. The zero-order valence-electron chi connectivity index (χ0n) is 13.2. The van der Waals surface area contributed by atoms with Gasteiger partial charge in [-0.05, 0) is 26.8 Å². The van der Waals surface area contributed by atoms with Crippen molar-refractivity contribution in [3.8, 4) is 17.2 Å². The van der Waals surface area contributed by atoms with Gasteiger partial charge in [-0.25, -0.2) is 0 Å². The maximum Gasteiger partial charge on any atom is 0.164 e. The van der Waals surface area contributed by atoms with E-state index in [4.69, 9.17) is 14.2 Å². The van der Waals surface area contributed by atoms with Crippen LogP contribution in [0.25, 0.3) is 6.08 Å². The molecule has 112 valence electrons. The van der Waals surface area contributed by atoms with Crippen molar-refractivity contribution in [2.45, 2.75) is 26.3 Å². The summed E-state index contributed by atoms with van der Waals surface area (Å²) >= 11 is 0. The maximum absolute atomic E-state index is 5.38. The summed E-state index contributed by atoms with van der Waals surface area (Å²) in [5.41, 5.74) is 1.06. The fourth-order valence-electron chi connectivity index (χ4n) is 1.73. The highest BCUT2D eigenvalue weighted by molar-refractivity contribution is 5.63. The second-order valence-corrected chi connectivity index (χ2v) is 5.48. The smallest absolute Gasteiger partial charge is 0.164 e. The van der Waals surface area contributed by atoms with Gasteiger partial charge in [0.2, 0.25) is 0 Å². The van der Waals surface area contributed by atoms with Gasteiger partial charge >= 0.3 is 0 Å². The van der Waals surface area contributed by atoms with Crippen LogP contribution in [0, 0.1) is 0 Å². The standard InChI is InChI=1S/C16H25NO3/c1-16(2,3)17-9-7-8-12-10-14(19-5)15(20-6)11-13(12)18-4/h7-8,10-11,17H,9H2,1-6H3. The largest absolute Gasteiger partial charge is 0.496 e. The van der Waals surface area contributed by atoms with Crippen LogP contribution in [0.15, 0.2) is 18.2 Å². The normalized spacial score (nSPS) is 11.7. The van der Waals surface area contributed by atoms with Crippen molar-refractivity contribution in [3.05, 3.63) is 23.8 Å². The van der Waals surface area contributed by atoms with E-state index in [1.54, 1.807) is 21.3 Å². The molecule has 0 radical (unpaired) electrons. The Morgan fingerprint density at radius 2 is 1.50 bits per heavy atom. The number of rotatable bonds is 6. The first-order valence-electron chi connectivity index (χ1n) is 6.63. The highest BCUT2D eigenvalue weighted by Gasteiger charge is 2.10. The molecule has 0 aromatic heterocycles. The van der Waals surface area contributed by atoms with Crippen LogP contribution in [0.4, 0.5) is 0 Å². The van der Waals surface area contributed by atoms with E-state index in [-0.39, 0.29) is 5.54 Å². The maximum atomic E-state index is 5.38. The highest BCUT2D eigenvalue weighted by atomic mass is 16.5. The molecule has 4 nitrogen and oxygen atoms in total. The lowest BCUT2D eigenvalue weighted by Gasteiger charge is -2.19. The molecule has 4 heteroatoms. The zero-order chi connectivity index (χ0) is 15.2. The van der Waals surface area contributed by atoms with Crippen LogP contribution >= 0.6 is 0 Å². The van der Waals surface area contributed by atoms with E-state index in [0.29, 0.717) is 11.5 Å². The average molecular weight is 279 g/mol. The average Bonchev–Trinajstić information content (AvgIpc) is 2.41. The summed E-state index contributed by atoms with van der Waals surface area (Å²) in [7, 11) is 4.88. The van der Waals surface area contributed by atoms with Gasteiger partial charge in [-0.1, -0.05) is 12.2 Å². The summed E-state index contributed by atoms with van der Waals surface area (Å²) in [4.78, 5) is 0. The second kappa shape index (κ2) is 7.20. The lowest BCUT2D eigenvalue weighted by molar-refractivity contribution is 0.348. The van der Waals surface area contributed by atoms with Crippen LogP contribution in [0.3, 0.4) is 0 Å². The Kier molecular flexibility index (Phi) is 5.89. The summed E-state index contributed by atoms with van der Waals surface area (Å²) in [5, 5.41) is 3.40. The molecule has 0 aliphatic heterocycles. The molecule has 0 unspecified atom stereocenters. The van der Waals surface area contributed by atoms with Crippen molar-refractivity contribution in [2.75, 3.05) is 27.9 Å². The molecule has 1 aromatic carbocycles. The number of methoxy groups -OCH3 is 3. The Labute approximate surface area is 121 Å². The Hall–Kier alpha value is -1.68. The first-order valence-corrected chi connectivity index (χ1v) is 6.63. The van der Waals surface area contributed by atoms with Gasteiger partial charge in [-0.2, -0.15) is 0 Å². The van der Waals surface area contributed by atoms with E-state index in [1.807, 2.05) is 18.2 Å². The van der Waals surface area contributed by atoms with Gasteiger partial charge in [0.15, 0.2) is 11.5 Å². The quantitative estimate of drug-likeness (QED) is 0.868. The predicted octanol–water partition coefficient (Wildman–Crippen LogP) is 3.11. The van der Waals surface area contributed by atoms with E-state index in [1.165, 1.54) is 0 Å². The third kappa shape index (κ3) is 4.78. The van der Waals surface area contributed by atoms with Crippen LogP contribution in [0.2, 0.25) is 0 Å². The van der Waals surface area contributed by atoms with Crippen LogP contribution in [0.5, 0.6) is 17.2 Å². The highest BCUT2D eigenvalue weighted by Crippen LogP contribution is 2.35. The van der Waals surface area contributed by atoms with Gasteiger partial charge < -0.3 is 19.5 Å². The number of hydrogen-bond donors (Lipinski definition) is 1. The van der Waals surface area contributed by atoms with E-state index in [9.17, 15) is 0 Å². The van der Waals surface area contributed by atoms with Gasteiger partial charge in [0.1, 0.15) is 5.75 Å². The first-order chi connectivity index (χ1) is 9.41. The Morgan fingerprint density at radius 1 is 0.950 bits per heavy atom. The molecular formula is C16H25NO3. The van der Waals surface area contributed by atoms with Crippen molar-refractivity contribution in [3.63, 3.8) is 0 Å². The molecule has 0 bridgehead atoms. The number of hydrogen-bond acceptors (Lipinski definition) is 4. The Balaban J connectivity index is 2.90. The van der Waals surface area contributed by atoms with E-state index >= 15 is 0 Å². The lowest BCUT2D eigenvalue weighted by Crippen LogP contribution is -2.35. The Morgan fingerprint density at radius 3 is 2.00 bits per heavy atom. The van der Waals surface area contributed by atoms with Crippen molar-refractivity contribution >= 4 is 6.08 Å². The van der Waals surface area contributed by atoms with E-state index in [0.717, 1.165) is 17.9 Å². The molecule has 20 heavy (non-hydrogen) atoms.